The molecule has 0 aliphatic carbocycles. The molecule has 1 N–H and O–H groups in total. The maximum absolute atomic E-state index is 12.7. The summed E-state index contributed by atoms with van der Waals surface area (Å²) < 4.78 is 5.78. The van der Waals surface area contributed by atoms with E-state index in [9.17, 15) is 9.59 Å². The van der Waals surface area contributed by atoms with Crippen molar-refractivity contribution in [2.75, 3.05) is 0 Å². The Morgan fingerprint density at radius 2 is 1.68 bits per heavy atom. The quantitative estimate of drug-likeness (QED) is 0.423. The molecule has 3 amide bonds. The molecule has 0 unspecified atom stereocenters. The summed E-state index contributed by atoms with van der Waals surface area (Å²) in [4.78, 5) is 26.2. The zero-order valence-electron chi connectivity index (χ0n) is 17.0. The number of hydrogen-bond acceptors (Lipinski definition) is 3. The van der Waals surface area contributed by atoms with Crippen molar-refractivity contribution < 1.29 is 14.3 Å². The number of rotatable bonds is 6. The number of carbonyl (C=O) groups excluding carboxylic acids is 2. The predicted molar refractivity (Wildman–Crippen MR) is 120 cm³/mol. The number of amides is 3. The summed E-state index contributed by atoms with van der Waals surface area (Å²) in [5.41, 5.74) is 3.97. The van der Waals surface area contributed by atoms with Gasteiger partial charge in [0.05, 0.1) is 6.54 Å². The lowest BCUT2D eigenvalue weighted by Crippen LogP contribution is -2.30. The molecule has 156 valence electrons. The lowest BCUT2D eigenvalue weighted by atomic mass is 10.1. The maximum atomic E-state index is 12.7. The Morgan fingerprint density at radius 3 is 2.39 bits per heavy atom. The van der Waals surface area contributed by atoms with Gasteiger partial charge in [0, 0.05) is 10.6 Å². The van der Waals surface area contributed by atoms with E-state index in [2.05, 4.69) is 5.32 Å². The van der Waals surface area contributed by atoms with Crippen LogP contribution >= 0.6 is 11.6 Å². The molecule has 1 aliphatic rings. The molecule has 5 nitrogen and oxygen atoms in total. The standard InChI is InChI=1S/C25H21ClN2O3/c1-17-6-8-19(9-7-17)15-28-24(29)23(27-25(28)30)14-18-10-12-21(13-11-18)31-16-20-4-2-3-5-22(20)26/h2-14H,15-16H2,1H3,(H,27,30)/b23-14+. The van der Waals surface area contributed by atoms with Gasteiger partial charge in [0.1, 0.15) is 18.1 Å². The Morgan fingerprint density at radius 1 is 0.968 bits per heavy atom. The van der Waals surface area contributed by atoms with Crippen LogP contribution in [-0.2, 0) is 17.9 Å². The Labute approximate surface area is 185 Å². The van der Waals surface area contributed by atoms with E-state index < -0.39 is 6.03 Å². The summed E-state index contributed by atoms with van der Waals surface area (Å²) in [5, 5.41) is 3.32. The maximum Gasteiger partial charge on any atom is 0.329 e. The zero-order chi connectivity index (χ0) is 21.8. The fraction of sp³-hybridized carbons (Fsp3) is 0.120. The first-order chi connectivity index (χ1) is 15.0. The highest BCUT2D eigenvalue weighted by Gasteiger charge is 2.33. The van der Waals surface area contributed by atoms with Gasteiger partial charge in [0.2, 0.25) is 0 Å². The Balaban J connectivity index is 1.41. The third-order valence-corrected chi connectivity index (χ3v) is 5.34. The van der Waals surface area contributed by atoms with Crippen LogP contribution in [0.15, 0.2) is 78.5 Å². The van der Waals surface area contributed by atoms with E-state index in [4.69, 9.17) is 16.3 Å². The number of halogens is 1. The topological polar surface area (TPSA) is 58.6 Å². The van der Waals surface area contributed by atoms with Crippen molar-refractivity contribution in [2.24, 2.45) is 0 Å². The molecule has 0 radical (unpaired) electrons. The molecular weight excluding hydrogens is 412 g/mol. The molecule has 31 heavy (non-hydrogen) atoms. The molecular formula is C25H21ClN2O3. The average Bonchev–Trinajstić information content (AvgIpc) is 3.03. The zero-order valence-corrected chi connectivity index (χ0v) is 17.7. The summed E-state index contributed by atoms with van der Waals surface area (Å²) in [6.07, 6.45) is 1.66. The van der Waals surface area contributed by atoms with Crippen LogP contribution in [0, 0.1) is 6.92 Å². The third-order valence-electron chi connectivity index (χ3n) is 4.97. The van der Waals surface area contributed by atoms with Crippen molar-refractivity contribution in [1.29, 1.82) is 0 Å². The molecule has 0 atom stereocenters. The molecule has 0 bridgehead atoms. The second kappa shape index (κ2) is 9.06. The Kier molecular flexibility index (Phi) is 6.05. The molecule has 0 aromatic heterocycles. The van der Waals surface area contributed by atoms with E-state index >= 15 is 0 Å². The van der Waals surface area contributed by atoms with Crippen molar-refractivity contribution in [3.8, 4) is 5.75 Å². The SMILES string of the molecule is Cc1ccc(CN2C(=O)N/C(=C/c3ccc(OCc4ccccc4Cl)cc3)C2=O)cc1. The first-order valence-electron chi connectivity index (χ1n) is 9.86. The van der Waals surface area contributed by atoms with E-state index in [0.29, 0.717) is 17.4 Å². The molecule has 3 aromatic carbocycles. The van der Waals surface area contributed by atoms with Crippen molar-refractivity contribution >= 4 is 29.6 Å². The van der Waals surface area contributed by atoms with Crippen LogP contribution in [0.1, 0.15) is 22.3 Å². The van der Waals surface area contributed by atoms with Crippen LogP contribution in [0.5, 0.6) is 5.75 Å². The minimum absolute atomic E-state index is 0.233. The fourth-order valence-corrected chi connectivity index (χ4v) is 3.39. The van der Waals surface area contributed by atoms with Crippen molar-refractivity contribution in [2.45, 2.75) is 20.1 Å². The first-order valence-corrected chi connectivity index (χ1v) is 10.2. The molecule has 1 heterocycles. The lowest BCUT2D eigenvalue weighted by Gasteiger charge is -2.11. The second-order valence-electron chi connectivity index (χ2n) is 7.31. The second-order valence-corrected chi connectivity index (χ2v) is 7.72. The van der Waals surface area contributed by atoms with Crippen LogP contribution in [0.25, 0.3) is 6.08 Å². The summed E-state index contributed by atoms with van der Waals surface area (Å²) in [6.45, 7) is 2.59. The fourth-order valence-electron chi connectivity index (χ4n) is 3.19. The molecule has 0 spiro atoms. The molecule has 1 fully saturated rings. The molecule has 6 heteroatoms. The van der Waals surface area contributed by atoms with Crippen LogP contribution in [0.2, 0.25) is 5.02 Å². The highest BCUT2D eigenvalue weighted by molar-refractivity contribution is 6.31. The molecule has 0 saturated carbocycles. The van der Waals surface area contributed by atoms with Crippen LogP contribution in [0.3, 0.4) is 0 Å². The van der Waals surface area contributed by atoms with E-state index in [1.807, 2.05) is 79.7 Å². The van der Waals surface area contributed by atoms with E-state index in [0.717, 1.165) is 22.3 Å². The Bertz CT molecular complexity index is 1140. The third kappa shape index (κ3) is 4.95. The van der Waals surface area contributed by atoms with Gasteiger partial charge in [-0.25, -0.2) is 4.79 Å². The number of urea groups is 1. The number of nitrogens with one attached hydrogen (secondary N) is 1. The van der Waals surface area contributed by atoms with Gasteiger partial charge in [-0.15, -0.1) is 0 Å². The van der Waals surface area contributed by atoms with Gasteiger partial charge in [0.25, 0.3) is 5.91 Å². The predicted octanol–water partition coefficient (Wildman–Crippen LogP) is 5.32. The molecule has 1 aliphatic heterocycles. The number of nitrogens with zero attached hydrogens (tertiary/aromatic N) is 1. The minimum atomic E-state index is -0.420. The molecule has 3 aromatic rings. The Hall–Kier alpha value is -3.57. The lowest BCUT2D eigenvalue weighted by molar-refractivity contribution is -0.123. The van der Waals surface area contributed by atoms with Gasteiger partial charge >= 0.3 is 6.03 Å². The van der Waals surface area contributed by atoms with Gasteiger partial charge in [0.15, 0.2) is 0 Å². The number of ether oxygens (including phenoxy) is 1. The van der Waals surface area contributed by atoms with Gasteiger partial charge in [-0.3, -0.25) is 9.69 Å². The molecule has 1 saturated heterocycles. The normalized spacial score (nSPS) is 14.8. The summed E-state index contributed by atoms with van der Waals surface area (Å²) >= 11 is 6.15. The van der Waals surface area contributed by atoms with Crippen molar-refractivity contribution in [1.82, 2.24) is 10.2 Å². The number of hydrogen-bond donors (Lipinski definition) is 1. The summed E-state index contributed by atoms with van der Waals surface area (Å²) in [5.74, 6) is 0.342. The minimum Gasteiger partial charge on any atom is -0.489 e. The average molecular weight is 433 g/mol. The summed E-state index contributed by atoms with van der Waals surface area (Å²) in [6, 6.07) is 22.1. The monoisotopic (exact) mass is 432 g/mol. The number of imide groups is 1. The van der Waals surface area contributed by atoms with Crippen molar-refractivity contribution in [3.63, 3.8) is 0 Å². The van der Waals surface area contributed by atoms with Gasteiger partial charge in [-0.1, -0.05) is 71.8 Å². The van der Waals surface area contributed by atoms with Crippen molar-refractivity contribution in [3.05, 3.63) is 106 Å². The highest BCUT2D eigenvalue weighted by atomic mass is 35.5. The largest absolute Gasteiger partial charge is 0.489 e. The molecule has 4 rings (SSSR count). The summed E-state index contributed by atoms with van der Waals surface area (Å²) in [7, 11) is 0. The number of benzene rings is 3. The van der Waals surface area contributed by atoms with Crippen LogP contribution in [0.4, 0.5) is 4.79 Å². The number of aryl methyl sites for hydroxylation is 1. The number of carbonyl (C=O) groups is 2. The van der Waals surface area contributed by atoms with Gasteiger partial charge in [-0.05, 0) is 42.3 Å². The first kappa shape index (κ1) is 20.7. The van der Waals surface area contributed by atoms with Crippen LogP contribution < -0.4 is 10.1 Å². The van der Waals surface area contributed by atoms with Gasteiger partial charge < -0.3 is 10.1 Å². The smallest absolute Gasteiger partial charge is 0.329 e. The highest BCUT2D eigenvalue weighted by Crippen LogP contribution is 2.21. The van der Waals surface area contributed by atoms with E-state index in [1.165, 1.54) is 4.90 Å². The van der Waals surface area contributed by atoms with Crippen LogP contribution in [-0.4, -0.2) is 16.8 Å². The van der Waals surface area contributed by atoms with Gasteiger partial charge in [-0.2, -0.15) is 0 Å². The van der Waals surface area contributed by atoms with E-state index in [-0.39, 0.29) is 18.1 Å². The van der Waals surface area contributed by atoms with E-state index in [1.54, 1.807) is 6.08 Å².